The van der Waals surface area contributed by atoms with Gasteiger partial charge in [-0.05, 0) is 18.1 Å². The molecule has 1 rings (SSSR count). The smallest absolute Gasteiger partial charge is 0.293 e. The van der Waals surface area contributed by atoms with Gasteiger partial charge in [-0.3, -0.25) is 10.1 Å². The Labute approximate surface area is 110 Å². The molecule has 0 saturated carbocycles. The molecule has 1 atom stereocenters. The van der Waals surface area contributed by atoms with Crippen molar-refractivity contribution in [3.8, 4) is 0 Å². The second kappa shape index (κ2) is 6.00. The monoisotopic (exact) mass is 300 g/mol. The van der Waals surface area contributed by atoms with E-state index in [1.54, 1.807) is 12.1 Å². The summed E-state index contributed by atoms with van der Waals surface area (Å²) < 4.78 is 0.727. The van der Waals surface area contributed by atoms with E-state index >= 15 is 0 Å². The van der Waals surface area contributed by atoms with Crippen molar-refractivity contribution in [2.24, 2.45) is 5.92 Å². The first-order valence-corrected chi connectivity index (χ1v) is 6.40. The zero-order chi connectivity index (χ0) is 13.0. The van der Waals surface area contributed by atoms with E-state index in [2.05, 4.69) is 29.8 Å². The van der Waals surface area contributed by atoms with Gasteiger partial charge < -0.3 is 4.90 Å². The average molecular weight is 301 g/mol. The molecule has 1 aromatic rings. The summed E-state index contributed by atoms with van der Waals surface area (Å²) in [7, 11) is 1.89. The maximum Gasteiger partial charge on any atom is 0.293 e. The molecule has 5 heteroatoms. The first-order valence-electron chi connectivity index (χ1n) is 5.60. The Hall–Kier alpha value is -1.10. The highest BCUT2D eigenvalue weighted by Gasteiger charge is 2.18. The molecule has 94 valence electrons. The Bertz CT molecular complexity index is 409. The van der Waals surface area contributed by atoms with Gasteiger partial charge in [-0.25, -0.2) is 0 Å². The van der Waals surface area contributed by atoms with E-state index in [9.17, 15) is 10.1 Å². The number of nitro groups is 1. The Morgan fingerprint density at radius 2 is 2.18 bits per heavy atom. The van der Waals surface area contributed by atoms with E-state index in [0.717, 1.165) is 17.4 Å². The Kier molecular flexibility index (Phi) is 4.93. The first kappa shape index (κ1) is 14.0. The van der Waals surface area contributed by atoms with Crippen molar-refractivity contribution in [3.05, 3.63) is 32.8 Å². The van der Waals surface area contributed by atoms with E-state index in [1.807, 2.05) is 18.0 Å². The topological polar surface area (TPSA) is 46.4 Å². The molecule has 0 spiro atoms. The summed E-state index contributed by atoms with van der Waals surface area (Å²) in [5.41, 5.74) is 0.809. The van der Waals surface area contributed by atoms with Crippen LogP contribution in [0.2, 0.25) is 0 Å². The Morgan fingerprint density at radius 3 is 2.71 bits per heavy atom. The van der Waals surface area contributed by atoms with Crippen LogP contribution in [0.25, 0.3) is 0 Å². The molecule has 17 heavy (non-hydrogen) atoms. The van der Waals surface area contributed by atoms with Crippen LogP contribution in [-0.2, 0) is 0 Å². The zero-order valence-electron chi connectivity index (χ0n) is 10.3. The molecule has 1 unspecified atom stereocenters. The first-order chi connectivity index (χ1) is 7.95. The molecular weight excluding hydrogens is 284 g/mol. The largest absolute Gasteiger partial charge is 0.369 e. The number of anilines is 1. The summed E-state index contributed by atoms with van der Waals surface area (Å²) in [6, 6.07) is 5.16. The number of hydrogen-bond donors (Lipinski definition) is 0. The van der Waals surface area contributed by atoms with Crippen molar-refractivity contribution in [1.82, 2.24) is 0 Å². The van der Waals surface area contributed by atoms with Gasteiger partial charge in [0.25, 0.3) is 5.69 Å². The van der Waals surface area contributed by atoms with Crippen LogP contribution in [0.3, 0.4) is 0 Å². The second-order valence-corrected chi connectivity index (χ2v) is 5.20. The lowest BCUT2D eigenvalue weighted by molar-refractivity contribution is -0.384. The molecule has 0 amide bonds. The average Bonchev–Trinajstić information content (AvgIpc) is 2.28. The van der Waals surface area contributed by atoms with Crippen LogP contribution in [0, 0.1) is 16.0 Å². The number of halogens is 1. The fraction of sp³-hybridized carbons (Fsp3) is 0.500. The highest BCUT2D eigenvalue weighted by atomic mass is 79.9. The van der Waals surface area contributed by atoms with Crippen LogP contribution < -0.4 is 4.90 Å². The van der Waals surface area contributed by atoms with E-state index < -0.39 is 0 Å². The number of nitro benzene ring substituents is 1. The molecule has 0 heterocycles. The van der Waals surface area contributed by atoms with Gasteiger partial charge in [0.05, 0.1) is 4.92 Å². The fourth-order valence-corrected chi connectivity index (χ4v) is 2.01. The third kappa shape index (κ3) is 3.70. The second-order valence-electron chi connectivity index (χ2n) is 4.28. The molecule has 0 bridgehead atoms. The summed E-state index contributed by atoms with van der Waals surface area (Å²) in [4.78, 5) is 12.6. The molecule has 0 aromatic heterocycles. The predicted molar refractivity (Wildman–Crippen MR) is 73.5 cm³/mol. The van der Waals surface area contributed by atoms with Crippen LogP contribution in [0.5, 0.6) is 0 Å². The summed E-state index contributed by atoms with van der Waals surface area (Å²) in [6.07, 6.45) is 1.06. The molecule has 0 saturated heterocycles. The van der Waals surface area contributed by atoms with Gasteiger partial charge in [0.1, 0.15) is 5.69 Å². The third-order valence-corrected chi connectivity index (χ3v) is 3.32. The van der Waals surface area contributed by atoms with Crippen LogP contribution in [0.4, 0.5) is 11.4 Å². The van der Waals surface area contributed by atoms with Gasteiger partial charge in [-0.2, -0.15) is 0 Å². The lowest BCUT2D eigenvalue weighted by Gasteiger charge is -2.22. The number of rotatable bonds is 5. The summed E-state index contributed by atoms with van der Waals surface area (Å²) in [6.45, 7) is 5.08. The van der Waals surface area contributed by atoms with Gasteiger partial charge >= 0.3 is 0 Å². The number of benzene rings is 1. The van der Waals surface area contributed by atoms with Crippen molar-refractivity contribution >= 4 is 27.3 Å². The number of hydrogen-bond acceptors (Lipinski definition) is 3. The van der Waals surface area contributed by atoms with Gasteiger partial charge in [-0.15, -0.1) is 0 Å². The maximum atomic E-state index is 11.0. The Balaban J connectivity index is 3.00. The molecule has 0 aliphatic carbocycles. The Morgan fingerprint density at radius 1 is 1.53 bits per heavy atom. The predicted octanol–water partition coefficient (Wildman–Crippen LogP) is 3.84. The highest BCUT2D eigenvalue weighted by molar-refractivity contribution is 9.10. The molecule has 0 radical (unpaired) electrons. The van der Waals surface area contributed by atoms with E-state index in [1.165, 1.54) is 0 Å². The molecule has 0 aliphatic rings. The van der Waals surface area contributed by atoms with Gasteiger partial charge in [0.2, 0.25) is 0 Å². The SMILES string of the molecule is CCC(C)CN(C)c1ccc(Br)cc1[N+](=O)[O-]. The highest BCUT2D eigenvalue weighted by Crippen LogP contribution is 2.30. The van der Waals surface area contributed by atoms with Gasteiger partial charge in [0.15, 0.2) is 0 Å². The quantitative estimate of drug-likeness (QED) is 0.613. The van der Waals surface area contributed by atoms with Crippen molar-refractivity contribution in [1.29, 1.82) is 0 Å². The minimum absolute atomic E-state index is 0.144. The molecule has 0 fully saturated rings. The normalized spacial score (nSPS) is 12.2. The minimum Gasteiger partial charge on any atom is -0.369 e. The van der Waals surface area contributed by atoms with Gasteiger partial charge in [-0.1, -0.05) is 36.2 Å². The van der Waals surface area contributed by atoms with E-state index in [-0.39, 0.29) is 10.6 Å². The third-order valence-electron chi connectivity index (χ3n) is 2.83. The van der Waals surface area contributed by atoms with Crippen molar-refractivity contribution < 1.29 is 4.92 Å². The maximum absolute atomic E-state index is 11.0. The molecule has 0 N–H and O–H groups in total. The minimum atomic E-state index is -0.340. The van der Waals surface area contributed by atoms with E-state index in [0.29, 0.717) is 11.6 Å². The standard InChI is InChI=1S/C12H17BrN2O2/c1-4-9(2)8-14(3)11-6-5-10(13)7-12(11)15(16)17/h5-7,9H,4,8H2,1-3H3. The summed E-state index contributed by atoms with van der Waals surface area (Å²) in [5.74, 6) is 0.517. The van der Waals surface area contributed by atoms with Crippen molar-refractivity contribution in [2.45, 2.75) is 20.3 Å². The fourth-order valence-electron chi connectivity index (χ4n) is 1.66. The van der Waals surface area contributed by atoms with Crippen molar-refractivity contribution in [3.63, 3.8) is 0 Å². The van der Waals surface area contributed by atoms with Gasteiger partial charge in [0, 0.05) is 24.1 Å². The van der Waals surface area contributed by atoms with Crippen molar-refractivity contribution in [2.75, 3.05) is 18.5 Å². The van der Waals surface area contributed by atoms with Crippen LogP contribution in [0.15, 0.2) is 22.7 Å². The molecule has 4 nitrogen and oxygen atoms in total. The van der Waals surface area contributed by atoms with Crippen LogP contribution in [-0.4, -0.2) is 18.5 Å². The molecule has 0 aliphatic heterocycles. The number of nitrogens with zero attached hydrogens (tertiary/aromatic N) is 2. The summed E-state index contributed by atoms with van der Waals surface area (Å²) in [5, 5.41) is 11.0. The van der Waals surface area contributed by atoms with E-state index in [4.69, 9.17) is 0 Å². The lowest BCUT2D eigenvalue weighted by atomic mass is 10.1. The lowest BCUT2D eigenvalue weighted by Crippen LogP contribution is -2.24. The summed E-state index contributed by atoms with van der Waals surface area (Å²) >= 11 is 3.26. The molecule has 1 aromatic carbocycles. The van der Waals surface area contributed by atoms with Crippen LogP contribution in [0.1, 0.15) is 20.3 Å². The van der Waals surface area contributed by atoms with Crippen LogP contribution >= 0.6 is 15.9 Å². The zero-order valence-corrected chi connectivity index (χ0v) is 11.9. The molecular formula is C12H17BrN2O2.